The quantitative estimate of drug-likeness (QED) is 0.485. The second-order valence-corrected chi connectivity index (χ2v) is 6.48. The molecule has 0 fully saturated rings. The lowest BCUT2D eigenvalue weighted by atomic mass is 10.1. The number of nitrogens with zero attached hydrogens (tertiary/aromatic N) is 3. The Hall–Kier alpha value is -3.25. The van der Waals surface area contributed by atoms with E-state index in [1.165, 1.54) is 12.1 Å². The van der Waals surface area contributed by atoms with Crippen molar-refractivity contribution in [3.8, 4) is 28.3 Å². The molecule has 4 rings (SSSR count). The van der Waals surface area contributed by atoms with Gasteiger partial charge in [-0.2, -0.15) is 0 Å². The third-order valence-electron chi connectivity index (χ3n) is 4.21. The minimum atomic E-state index is -0.347. The van der Waals surface area contributed by atoms with Crippen LogP contribution in [0.2, 0.25) is 5.15 Å². The molecule has 0 saturated heterocycles. The second-order valence-electron chi connectivity index (χ2n) is 6.12. The number of fused-ring (bicyclic) bond motifs is 1. The first-order valence-corrected chi connectivity index (χ1v) is 9.05. The van der Waals surface area contributed by atoms with Crippen LogP contribution in [0.25, 0.3) is 33.4 Å². The summed E-state index contributed by atoms with van der Waals surface area (Å²) in [4.78, 5) is 12.9. The van der Waals surface area contributed by atoms with Gasteiger partial charge in [-0.05, 0) is 61.5 Å². The fraction of sp³-hybridized carbons (Fsp3) is 0.0952. The van der Waals surface area contributed by atoms with E-state index in [0.29, 0.717) is 34.5 Å². The van der Waals surface area contributed by atoms with Crippen LogP contribution in [0.15, 0.2) is 54.6 Å². The maximum absolute atomic E-state index is 13.6. The van der Waals surface area contributed by atoms with Gasteiger partial charge < -0.3 is 10.5 Å². The van der Waals surface area contributed by atoms with Gasteiger partial charge in [-0.25, -0.2) is 19.3 Å². The molecular formula is C21H16ClFN4O. The molecule has 2 aromatic heterocycles. The number of halogens is 2. The largest absolute Gasteiger partial charge is 0.494 e. The number of hydrogen-bond donors (Lipinski definition) is 1. The fourth-order valence-electron chi connectivity index (χ4n) is 2.94. The molecule has 0 aliphatic carbocycles. The predicted octanol–water partition coefficient (Wildman–Crippen LogP) is 5.13. The third-order valence-corrected chi connectivity index (χ3v) is 4.50. The molecule has 2 N–H and O–H groups in total. The summed E-state index contributed by atoms with van der Waals surface area (Å²) >= 11 is 6.36. The summed E-state index contributed by atoms with van der Waals surface area (Å²) in [5.41, 5.74) is 9.10. The van der Waals surface area contributed by atoms with Crippen molar-refractivity contribution in [1.29, 1.82) is 0 Å². The van der Waals surface area contributed by atoms with Crippen LogP contribution in [0, 0.1) is 5.82 Å². The van der Waals surface area contributed by atoms with E-state index in [4.69, 9.17) is 22.1 Å². The summed E-state index contributed by atoms with van der Waals surface area (Å²) in [5.74, 6) is 0.536. The summed E-state index contributed by atoms with van der Waals surface area (Å²) in [7, 11) is 0. The Morgan fingerprint density at radius 1 is 0.964 bits per heavy atom. The molecule has 0 atom stereocenters. The first kappa shape index (κ1) is 18.1. The van der Waals surface area contributed by atoms with Gasteiger partial charge in [0.05, 0.1) is 23.5 Å². The highest BCUT2D eigenvalue weighted by atomic mass is 35.5. The zero-order chi connectivity index (χ0) is 19.7. The molecule has 5 nitrogen and oxygen atoms in total. The Balaban J connectivity index is 1.80. The standard InChI is InChI=1S/C21H16ClFN4O/c1-2-28-15-6-3-12(4-7-15)18-11-19(27-21(24)26-18)16-10-13-9-14(23)5-8-17(13)25-20(16)22/h3-11H,2H2,1H3,(H2,24,26,27). The van der Waals surface area contributed by atoms with Gasteiger partial charge in [0.15, 0.2) is 0 Å². The van der Waals surface area contributed by atoms with Crippen LogP contribution in [0.4, 0.5) is 10.3 Å². The van der Waals surface area contributed by atoms with Gasteiger partial charge in [0.1, 0.15) is 16.7 Å². The van der Waals surface area contributed by atoms with Crippen LogP contribution >= 0.6 is 11.6 Å². The van der Waals surface area contributed by atoms with E-state index >= 15 is 0 Å². The summed E-state index contributed by atoms with van der Waals surface area (Å²) in [6.07, 6.45) is 0. The first-order valence-electron chi connectivity index (χ1n) is 8.67. The number of nitrogens with two attached hydrogens (primary N) is 1. The molecule has 0 saturated carbocycles. The highest BCUT2D eigenvalue weighted by Crippen LogP contribution is 2.32. The van der Waals surface area contributed by atoms with Crippen molar-refractivity contribution in [2.75, 3.05) is 12.3 Å². The molecule has 4 aromatic rings. The zero-order valence-electron chi connectivity index (χ0n) is 15.0. The molecular weight excluding hydrogens is 379 g/mol. The van der Waals surface area contributed by atoms with Crippen LogP contribution in [-0.2, 0) is 0 Å². The molecule has 0 bridgehead atoms. The maximum atomic E-state index is 13.6. The van der Waals surface area contributed by atoms with Crippen molar-refractivity contribution in [2.45, 2.75) is 6.92 Å². The van der Waals surface area contributed by atoms with Gasteiger partial charge in [0.25, 0.3) is 0 Å². The van der Waals surface area contributed by atoms with Crippen molar-refractivity contribution in [3.05, 3.63) is 65.6 Å². The average Bonchev–Trinajstić information content (AvgIpc) is 2.68. The number of anilines is 1. The molecule has 0 aliphatic rings. The minimum Gasteiger partial charge on any atom is -0.494 e. The van der Waals surface area contributed by atoms with Crippen LogP contribution in [0.3, 0.4) is 0 Å². The molecule has 0 unspecified atom stereocenters. The Morgan fingerprint density at radius 2 is 1.71 bits per heavy atom. The smallest absolute Gasteiger partial charge is 0.221 e. The normalized spacial score (nSPS) is 11.0. The third kappa shape index (κ3) is 3.59. The average molecular weight is 395 g/mol. The van der Waals surface area contributed by atoms with Crippen molar-refractivity contribution in [3.63, 3.8) is 0 Å². The molecule has 0 spiro atoms. The Labute approximate surface area is 166 Å². The number of benzene rings is 2. The number of pyridine rings is 1. The summed E-state index contributed by atoms with van der Waals surface area (Å²) in [6.45, 7) is 2.52. The number of aromatic nitrogens is 3. The topological polar surface area (TPSA) is 73.9 Å². The molecule has 140 valence electrons. The van der Waals surface area contributed by atoms with E-state index in [9.17, 15) is 4.39 Å². The van der Waals surface area contributed by atoms with Gasteiger partial charge in [0, 0.05) is 16.5 Å². The minimum absolute atomic E-state index is 0.108. The molecule has 2 aromatic carbocycles. The van der Waals surface area contributed by atoms with Crippen LogP contribution in [0.5, 0.6) is 5.75 Å². The van der Waals surface area contributed by atoms with Crippen molar-refractivity contribution in [2.24, 2.45) is 0 Å². The first-order chi connectivity index (χ1) is 13.5. The Morgan fingerprint density at radius 3 is 2.46 bits per heavy atom. The molecule has 0 radical (unpaired) electrons. The van der Waals surface area contributed by atoms with Gasteiger partial charge in [-0.3, -0.25) is 0 Å². The van der Waals surface area contributed by atoms with Crippen molar-refractivity contribution in [1.82, 2.24) is 15.0 Å². The fourth-order valence-corrected chi connectivity index (χ4v) is 3.19. The van der Waals surface area contributed by atoms with Crippen LogP contribution in [0.1, 0.15) is 6.92 Å². The van der Waals surface area contributed by atoms with E-state index in [1.54, 1.807) is 18.2 Å². The van der Waals surface area contributed by atoms with Crippen LogP contribution < -0.4 is 10.5 Å². The monoisotopic (exact) mass is 394 g/mol. The Bertz CT molecular complexity index is 1170. The van der Waals surface area contributed by atoms with Gasteiger partial charge >= 0.3 is 0 Å². The molecule has 7 heteroatoms. The Kier molecular flexibility index (Phi) is 4.79. The van der Waals surface area contributed by atoms with Crippen LogP contribution in [-0.4, -0.2) is 21.6 Å². The summed E-state index contributed by atoms with van der Waals surface area (Å²) < 4.78 is 19.1. The number of ether oxygens (including phenoxy) is 1. The van der Waals surface area contributed by atoms with Gasteiger partial charge in [-0.1, -0.05) is 11.6 Å². The van der Waals surface area contributed by atoms with E-state index in [0.717, 1.165) is 11.3 Å². The van der Waals surface area contributed by atoms with E-state index < -0.39 is 0 Å². The number of rotatable bonds is 4. The molecule has 2 heterocycles. The zero-order valence-corrected chi connectivity index (χ0v) is 15.7. The lowest BCUT2D eigenvalue weighted by molar-refractivity contribution is 0.340. The second kappa shape index (κ2) is 7.40. The van der Waals surface area contributed by atoms with Gasteiger partial charge in [-0.15, -0.1) is 0 Å². The molecule has 0 amide bonds. The summed E-state index contributed by atoms with van der Waals surface area (Å²) in [5, 5.41) is 0.883. The highest BCUT2D eigenvalue weighted by Gasteiger charge is 2.13. The predicted molar refractivity (Wildman–Crippen MR) is 109 cm³/mol. The van der Waals surface area contributed by atoms with E-state index in [1.807, 2.05) is 31.2 Å². The summed E-state index contributed by atoms with van der Waals surface area (Å²) in [6, 6.07) is 15.4. The van der Waals surface area contributed by atoms with Crippen molar-refractivity contribution < 1.29 is 9.13 Å². The van der Waals surface area contributed by atoms with Gasteiger partial charge in [0.2, 0.25) is 5.95 Å². The maximum Gasteiger partial charge on any atom is 0.221 e. The SMILES string of the molecule is CCOc1ccc(-c2cc(-c3cc4cc(F)ccc4nc3Cl)nc(N)n2)cc1. The molecule has 28 heavy (non-hydrogen) atoms. The number of nitrogen functional groups attached to an aromatic ring is 1. The van der Waals surface area contributed by atoms with Crippen molar-refractivity contribution >= 4 is 28.5 Å². The lowest BCUT2D eigenvalue weighted by Gasteiger charge is -2.09. The van der Waals surface area contributed by atoms with E-state index in [2.05, 4.69) is 15.0 Å². The number of hydrogen-bond acceptors (Lipinski definition) is 5. The lowest BCUT2D eigenvalue weighted by Crippen LogP contribution is -1.99. The highest BCUT2D eigenvalue weighted by molar-refractivity contribution is 6.32. The van der Waals surface area contributed by atoms with E-state index in [-0.39, 0.29) is 16.9 Å². The molecule has 0 aliphatic heterocycles.